The molecule has 4 heteroatoms. The summed E-state index contributed by atoms with van der Waals surface area (Å²) in [6.45, 7) is 6.44. The molecule has 0 aliphatic carbocycles. The van der Waals surface area contributed by atoms with E-state index < -0.39 is 0 Å². The van der Waals surface area contributed by atoms with E-state index in [4.69, 9.17) is 0 Å². The summed E-state index contributed by atoms with van der Waals surface area (Å²) in [5, 5.41) is 3.72. The fourth-order valence-electron chi connectivity index (χ4n) is 1.16. The summed E-state index contributed by atoms with van der Waals surface area (Å²) < 4.78 is 0. The maximum Gasteiger partial charge on any atom is 0.140 e. The van der Waals surface area contributed by atoms with Crippen LogP contribution in [0, 0.1) is 6.92 Å². The van der Waals surface area contributed by atoms with Crippen molar-refractivity contribution in [2.75, 3.05) is 12.4 Å². The molecule has 1 unspecified atom stereocenters. The third-order valence-electron chi connectivity index (χ3n) is 2.23. The van der Waals surface area contributed by atoms with E-state index >= 15 is 0 Å². The molecule has 3 nitrogen and oxygen atoms in total. The van der Waals surface area contributed by atoms with Gasteiger partial charge < -0.3 is 5.32 Å². The van der Waals surface area contributed by atoms with Gasteiger partial charge in [-0.2, -0.15) is 11.8 Å². The number of aryl methyl sites for hydroxylation is 1. The van der Waals surface area contributed by atoms with Crippen LogP contribution in [0.1, 0.15) is 31.8 Å². The molecule has 1 aromatic heterocycles. The Morgan fingerprint density at radius 3 is 2.80 bits per heavy atom. The Hall–Kier alpha value is -0.770. The Balaban J connectivity index is 2.64. The van der Waals surface area contributed by atoms with Crippen molar-refractivity contribution in [3.63, 3.8) is 0 Å². The molecular formula is C11H19N3S. The van der Waals surface area contributed by atoms with Crippen molar-refractivity contribution in [3.8, 4) is 0 Å². The van der Waals surface area contributed by atoms with Crippen LogP contribution in [0.5, 0.6) is 0 Å². The molecule has 0 aromatic carbocycles. The Morgan fingerprint density at radius 1 is 1.47 bits per heavy atom. The zero-order chi connectivity index (χ0) is 11.3. The predicted molar refractivity (Wildman–Crippen MR) is 67.4 cm³/mol. The number of hydrogen-bond donors (Lipinski definition) is 1. The first-order valence-electron chi connectivity index (χ1n) is 5.29. The van der Waals surface area contributed by atoms with Crippen molar-refractivity contribution in [1.29, 1.82) is 0 Å². The fraction of sp³-hybridized carbons (Fsp3) is 0.636. The SMILES string of the molecule is CCC(C)SCc1nc(C)cc(NC)n1. The van der Waals surface area contributed by atoms with E-state index in [1.165, 1.54) is 6.42 Å². The molecule has 1 heterocycles. The number of rotatable bonds is 5. The van der Waals surface area contributed by atoms with Crippen molar-refractivity contribution in [2.45, 2.75) is 38.2 Å². The predicted octanol–water partition coefficient (Wildman–Crippen LogP) is 2.86. The van der Waals surface area contributed by atoms with Crippen LogP contribution in [0.25, 0.3) is 0 Å². The molecule has 1 atom stereocenters. The summed E-state index contributed by atoms with van der Waals surface area (Å²) in [7, 11) is 1.88. The van der Waals surface area contributed by atoms with E-state index in [1.807, 2.05) is 31.8 Å². The molecule has 0 spiro atoms. The Morgan fingerprint density at radius 2 is 2.20 bits per heavy atom. The maximum atomic E-state index is 4.42. The van der Waals surface area contributed by atoms with Crippen molar-refractivity contribution >= 4 is 17.6 Å². The molecular weight excluding hydrogens is 206 g/mol. The first-order valence-corrected chi connectivity index (χ1v) is 6.34. The number of hydrogen-bond acceptors (Lipinski definition) is 4. The minimum atomic E-state index is 0.673. The monoisotopic (exact) mass is 225 g/mol. The maximum absolute atomic E-state index is 4.42. The minimum absolute atomic E-state index is 0.673. The van der Waals surface area contributed by atoms with Gasteiger partial charge in [-0.25, -0.2) is 9.97 Å². The van der Waals surface area contributed by atoms with E-state index in [1.54, 1.807) is 0 Å². The van der Waals surface area contributed by atoms with E-state index in [2.05, 4.69) is 29.1 Å². The van der Waals surface area contributed by atoms with Gasteiger partial charge in [0, 0.05) is 24.1 Å². The molecule has 1 N–H and O–H groups in total. The van der Waals surface area contributed by atoms with Gasteiger partial charge in [-0.1, -0.05) is 13.8 Å². The van der Waals surface area contributed by atoms with Crippen LogP contribution in [-0.4, -0.2) is 22.3 Å². The smallest absolute Gasteiger partial charge is 0.140 e. The summed E-state index contributed by atoms with van der Waals surface area (Å²) in [4.78, 5) is 8.83. The minimum Gasteiger partial charge on any atom is -0.373 e. The summed E-state index contributed by atoms with van der Waals surface area (Å²) in [5.74, 6) is 2.72. The first-order chi connectivity index (χ1) is 7.15. The molecule has 0 bridgehead atoms. The normalized spacial score (nSPS) is 12.5. The number of nitrogens with one attached hydrogen (secondary N) is 1. The quantitative estimate of drug-likeness (QED) is 0.836. The van der Waals surface area contributed by atoms with E-state index in [0.717, 1.165) is 23.1 Å². The second kappa shape index (κ2) is 5.95. The second-order valence-corrected chi connectivity index (χ2v) is 5.02. The average molecular weight is 225 g/mol. The number of anilines is 1. The molecule has 0 saturated carbocycles. The lowest BCUT2D eigenvalue weighted by Gasteiger charge is -2.08. The lowest BCUT2D eigenvalue weighted by molar-refractivity contribution is 0.900. The first kappa shape index (κ1) is 12.3. The van der Waals surface area contributed by atoms with Gasteiger partial charge in [0.15, 0.2) is 0 Å². The van der Waals surface area contributed by atoms with Crippen molar-refractivity contribution < 1.29 is 0 Å². The van der Waals surface area contributed by atoms with Crippen LogP contribution in [0.15, 0.2) is 6.07 Å². The summed E-state index contributed by atoms with van der Waals surface area (Å²) >= 11 is 1.90. The summed E-state index contributed by atoms with van der Waals surface area (Å²) in [6, 6.07) is 1.96. The Bertz CT molecular complexity index is 315. The van der Waals surface area contributed by atoms with Crippen LogP contribution < -0.4 is 5.32 Å². The average Bonchev–Trinajstić information content (AvgIpc) is 2.25. The zero-order valence-corrected chi connectivity index (χ0v) is 10.7. The molecule has 0 fully saturated rings. The van der Waals surface area contributed by atoms with Gasteiger partial charge in [-0.3, -0.25) is 0 Å². The Kier molecular flexibility index (Phi) is 4.88. The van der Waals surface area contributed by atoms with Gasteiger partial charge in [0.05, 0.1) is 5.75 Å². The highest BCUT2D eigenvalue weighted by Gasteiger charge is 2.04. The third-order valence-corrected chi connectivity index (χ3v) is 3.56. The lowest BCUT2D eigenvalue weighted by Crippen LogP contribution is -2.02. The fourth-order valence-corrected chi connectivity index (χ4v) is 1.96. The number of thioether (sulfide) groups is 1. The second-order valence-electron chi connectivity index (χ2n) is 3.59. The number of aromatic nitrogens is 2. The lowest BCUT2D eigenvalue weighted by atomic mass is 10.4. The molecule has 0 aliphatic rings. The molecule has 84 valence electrons. The molecule has 0 amide bonds. The molecule has 0 saturated heterocycles. The van der Waals surface area contributed by atoms with Gasteiger partial charge in [0.1, 0.15) is 11.6 Å². The highest BCUT2D eigenvalue weighted by atomic mass is 32.2. The summed E-state index contributed by atoms with van der Waals surface area (Å²) in [5.41, 5.74) is 1.02. The standard InChI is InChI=1S/C11H19N3S/c1-5-9(3)15-7-11-13-8(2)6-10(12-4)14-11/h6,9H,5,7H2,1-4H3,(H,12,13,14). The van der Waals surface area contributed by atoms with Crippen LogP contribution in [0.3, 0.4) is 0 Å². The zero-order valence-electron chi connectivity index (χ0n) is 9.87. The topological polar surface area (TPSA) is 37.8 Å². The van der Waals surface area contributed by atoms with Gasteiger partial charge in [-0.05, 0) is 13.3 Å². The van der Waals surface area contributed by atoms with E-state index in [9.17, 15) is 0 Å². The summed E-state index contributed by atoms with van der Waals surface area (Å²) in [6.07, 6.45) is 1.19. The molecule has 1 rings (SSSR count). The van der Waals surface area contributed by atoms with Gasteiger partial charge >= 0.3 is 0 Å². The van der Waals surface area contributed by atoms with Crippen molar-refractivity contribution in [2.24, 2.45) is 0 Å². The van der Waals surface area contributed by atoms with Gasteiger partial charge in [0.25, 0.3) is 0 Å². The molecule has 0 radical (unpaired) electrons. The highest BCUT2D eigenvalue weighted by Crippen LogP contribution is 2.18. The van der Waals surface area contributed by atoms with Crippen LogP contribution in [0.4, 0.5) is 5.82 Å². The Labute approximate surface area is 96.1 Å². The van der Waals surface area contributed by atoms with Gasteiger partial charge in [-0.15, -0.1) is 0 Å². The van der Waals surface area contributed by atoms with E-state index in [-0.39, 0.29) is 0 Å². The van der Waals surface area contributed by atoms with Gasteiger partial charge in [0.2, 0.25) is 0 Å². The van der Waals surface area contributed by atoms with Crippen LogP contribution in [0.2, 0.25) is 0 Å². The van der Waals surface area contributed by atoms with Crippen molar-refractivity contribution in [3.05, 3.63) is 17.6 Å². The van der Waals surface area contributed by atoms with Crippen LogP contribution in [-0.2, 0) is 5.75 Å². The van der Waals surface area contributed by atoms with Crippen LogP contribution >= 0.6 is 11.8 Å². The third kappa shape index (κ3) is 4.08. The number of nitrogens with zero attached hydrogens (tertiary/aromatic N) is 2. The van der Waals surface area contributed by atoms with Crippen molar-refractivity contribution in [1.82, 2.24) is 9.97 Å². The molecule has 1 aromatic rings. The largest absolute Gasteiger partial charge is 0.373 e. The highest BCUT2D eigenvalue weighted by molar-refractivity contribution is 7.99. The molecule has 0 aliphatic heterocycles. The van der Waals surface area contributed by atoms with E-state index in [0.29, 0.717) is 5.25 Å². The molecule has 15 heavy (non-hydrogen) atoms.